The van der Waals surface area contributed by atoms with Crippen LogP contribution in [0.15, 0.2) is 42.5 Å². The quantitative estimate of drug-likeness (QED) is 0.847. The first kappa shape index (κ1) is 16.8. The van der Waals surface area contributed by atoms with E-state index in [0.717, 1.165) is 38.3 Å². The molecule has 5 heteroatoms. The summed E-state index contributed by atoms with van der Waals surface area (Å²) in [6, 6.07) is 14.5. The van der Waals surface area contributed by atoms with Gasteiger partial charge in [-0.15, -0.1) is 11.3 Å². The average molecular weight is 356 g/mol. The second-order valence-corrected chi connectivity index (χ2v) is 8.74. The first-order chi connectivity index (χ1) is 12.1. The van der Waals surface area contributed by atoms with E-state index in [-0.39, 0.29) is 11.4 Å². The minimum atomic E-state index is 0.0655. The van der Waals surface area contributed by atoms with Gasteiger partial charge in [0.25, 0.3) is 0 Å². The predicted octanol–water partition coefficient (Wildman–Crippen LogP) is 2.98. The molecule has 2 saturated heterocycles. The second kappa shape index (κ2) is 6.56. The fraction of sp³-hybridized carbons (Fsp3) is 0.450. The van der Waals surface area contributed by atoms with Crippen LogP contribution in [-0.4, -0.2) is 54.5 Å². The van der Waals surface area contributed by atoms with E-state index < -0.39 is 0 Å². The lowest BCUT2D eigenvalue weighted by molar-refractivity contribution is -0.123. The van der Waals surface area contributed by atoms with Crippen molar-refractivity contribution in [3.05, 3.63) is 52.2 Å². The summed E-state index contributed by atoms with van der Waals surface area (Å²) < 4.78 is 0. The van der Waals surface area contributed by atoms with E-state index in [0.29, 0.717) is 6.54 Å². The third kappa shape index (κ3) is 3.24. The lowest BCUT2D eigenvalue weighted by Gasteiger charge is -2.47. The minimum Gasteiger partial charge on any atom is -0.309 e. The van der Waals surface area contributed by atoms with Gasteiger partial charge in [0, 0.05) is 41.6 Å². The molecule has 1 aromatic heterocycles. The topological polar surface area (TPSA) is 26.8 Å². The lowest BCUT2D eigenvalue weighted by Crippen LogP contribution is -2.64. The molecule has 1 spiro atoms. The summed E-state index contributed by atoms with van der Waals surface area (Å²) in [5, 5.41) is 0. The number of aryl methyl sites for hydroxylation is 1. The highest BCUT2D eigenvalue weighted by Crippen LogP contribution is 2.34. The molecule has 4 rings (SSSR count). The van der Waals surface area contributed by atoms with Crippen molar-refractivity contribution in [2.45, 2.75) is 25.4 Å². The highest BCUT2D eigenvalue weighted by Gasteiger charge is 2.47. The molecule has 1 aromatic carbocycles. The molecule has 1 unspecified atom stereocenters. The molecule has 0 aliphatic carbocycles. The number of amides is 1. The monoisotopic (exact) mass is 355 g/mol. The fourth-order valence-electron chi connectivity index (χ4n) is 4.11. The Bertz CT molecular complexity index is 759. The van der Waals surface area contributed by atoms with Crippen LogP contribution < -0.4 is 4.90 Å². The van der Waals surface area contributed by atoms with E-state index in [1.165, 1.54) is 9.75 Å². The minimum absolute atomic E-state index is 0.0655. The maximum absolute atomic E-state index is 12.6. The number of likely N-dealkylation sites (N-methyl/N-ethyl adjacent to an activating group) is 1. The summed E-state index contributed by atoms with van der Waals surface area (Å²) in [5.41, 5.74) is 1.09. The van der Waals surface area contributed by atoms with Crippen LogP contribution in [0.3, 0.4) is 0 Å². The zero-order valence-electron chi connectivity index (χ0n) is 14.9. The Balaban J connectivity index is 1.51. The van der Waals surface area contributed by atoms with Crippen LogP contribution in [0, 0.1) is 6.92 Å². The molecule has 2 aliphatic heterocycles. The number of piperazine rings is 1. The van der Waals surface area contributed by atoms with Gasteiger partial charge in [-0.25, -0.2) is 0 Å². The number of hydrogen-bond donors (Lipinski definition) is 0. The largest absolute Gasteiger partial charge is 0.309 e. The van der Waals surface area contributed by atoms with Gasteiger partial charge in [0.15, 0.2) is 0 Å². The van der Waals surface area contributed by atoms with E-state index in [1.54, 1.807) is 0 Å². The van der Waals surface area contributed by atoms with Crippen molar-refractivity contribution in [3.63, 3.8) is 0 Å². The van der Waals surface area contributed by atoms with Crippen molar-refractivity contribution in [1.82, 2.24) is 9.80 Å². The molecular formula is C20H25N3OS. The van der Waals surface area contributed by atoms with Crippen LogP contribution in [-0.2, 0) is 11.3 Å². The summed E-state index contributed by atoms with van der Waals surface area (Å²) in [4.78, 5) is 22.2. The van der Waals surface area contributed by atoms with Crippen molar-refractivity contribution in [2.75, 3.05) is 38.1 Å². The number of para-hydroxylation sites is 1. The number of carbonyl (C=O) groups excluding carboxylic acids is 1. The van der Waals surface area contributed by atoms with Crippen molar-refractivity contribution in [3.8, 4) is 0 Å². The highest BCUT2D eigenvalue weighted by atomic mass is 32.1. The van der Waals surface area contributed by atoms with E-state index in [4.69, 9.17) is 0 Å². The van der Waals surface area contributed by atoms with E-state index in [1.807, 2.05) is 46.6 Å². The van der Waals surface area contributed by atoms with Crippen LogP contribution >= 0.6 is 11.3 Å². The number of nitrogens with zero attached hydrogens (tertiary/aromatic N) is 3. The Hall–Kier alpha value is -1.69. The lowest BCUT2D eigenvalue weighted by atomic mass is 9.92. The number of anilines is 1. The summed E-state index contributed by atoms with van der Waals surface area (Å²) in [6.07, 6.45) is 1.12. The Morgan fingerprint density at radius 1 is 1.12 bits per heavy atom. The van der Waals surface area contributed by atoms with Crippen LogP contribution in [0.25, 0.3) is 0 Å². The molecule has 2 aliphatic rings. The molecule has 0 radical (unpaired) electrons. The van der Waals surface area contributed by atoms with Gasteiger partial charge in [-0.1, -0.05) is 18.2 Å². The first-order valence-corrected chi connectivity index (χ1v) is 9.72. The van der Waals surface area contributed by atoms with Gasteiger partial charge in [0.2, 0.25) is 5.91 Å². The smallest absolute Gasteiger partial charge is 0.241 e. The number of rotatable bonds is 3. The van der Waals surface area contributed by atoms with E-state index in [2.05, 4.69) is 35.9 Å². The summed E-state index contributed by atoms with van der Waals surface area (Å²) in [6.45, 7) is 6.59. The zero-order chi connectivity index (χ0) is 17.4. The van der Waals surface area contributed by atoms with Crippen LogP contribution in [0.5, 0.6) is 0 Å². The maximum Gasteiger partial charge on any atom is 0.241 e. The Labute approximate surface area is 153 Å². The summed E-state index contributed by atoms with van der Waals surface area (Å²) in [5.74, 6) is 0.201. The molecular weight excluding hydrogens is 330 g/mol. The standard InChI is InChI=1S/C20H25N3OS/c1-16-8-9-18(25-16)12-22-11-10-20(14-22)15-23(19(24)13-21(20)2)17-6-4-3-5-7-17/h3-9H,10-15H2,1-2H3. The van der Waals surface area contributed by atoms with E-state index >= 15 is 0 Å². The van der Waals surface area contributed by atoms with Gasteiger partial charge in [0.1, 0.15) is 0 Å². The van der Waals surface area contributed by atoms with Gasteiger partial charge >= 0.3 is 0 Å². The summed E-state index contributed by atoms with van der Waals surface area (Å²) in [7, 11) is 2.11. The molecule has 0 bridgehead atoms. The zero-order valence-corrected chi connectivity index (χ0v) is 15.8. The SMILES string of the molecule is Cc1ccc(CN2CCC3(C2)CN(c2ccccc2)C(=O)CN3C)s1. The van der Waals surface area contributed by atoms with Gasteiger partial charge in [-0.05, 0) is 44.7 Å². The molecule has 0 N–H and O–H groups in total. The number of thiophene rings is 1. The fourth-order valence-corrected chi connectivity index (χ4v) is 5.04. The first-order valence-electron chi connectivity index (χ1n) is 8.90. The average Bonchev–Trinajstić information content (AvgIpc) is 3.20. The Kier molecular flexibility index (Phi) is 4.40. The third-order valence-corrected chi connectivity index (χ3v) is 6.58. The molecule has 4 nitrogen and oxygen atoms in total. The third-order valence-electron chi connectivity index (χ3n) is 5.59. The van der Waals surface area contributed by atoms with Crippen molar-refractivity contribution in [1.29, 1.82) is 0 Å². The Morgan fingerprint density at radius 3 is 2.64 bits per heavy atom. The number of carbonyl (C=O) groups is 1. The molecule has 25 heavy (non-hydrogen) atoms. The van der Waals surface area contributed by atoms with E-state index in [9.17, 15) is 4.79 Å². The van der Waals surface area contributed by atoms with Gasteiger partial charge in [0.05, 0.1) is 12.1 Å². The van der Waals surface area contributed by atoms with Crippen LogP contribution in [0.1, 0.15) is 16.2 Å². The number of likely N-dealkylation sites (tertiary alicyclic amines) is 1. The molecule has 0 saturated carbocycles. The molecule has 1 atom stereocenters. The number of hydrogen-bond acceptors (Lipinski definition) is 4. The van der Waals surface area contributed by atoms with Crippen LogP contribution in [0.2, 0.25) is 0 Å². The number of benzene rings is 1. The molecule has 1 amide bonds. The van der Waals surface area contributed by atoms with Gasteiger partial charge in [-0.2, -0.15) is 0 Å². The van der Waals surface area contributed by atoms with Crippen molar-refractivity contribution < 1.29 is 4.79 Å². The van der Waals surface area contributed by atoms with Crippen molar-refractivity contribution in [2.24, 2.45) is 0 Å². The van der Waals surface area contributed by atoms with Gasteiger partial charge in [-0.3, -0.25) is 14.6 Å². The predicted molar refractivity (Wildman–Crippen MR) is 103 cm³/mol. The molecule has 2 fully saturated rings. The molecule has 2 aromatic rings. The maximum atomic E-state index is 12.6. The summed E-state index contributed by atoms with van der Waals surface area (Å²) >= 11 is 1.89. The normalized spacial score (nSPS) is 25.2. The molecule has 3 heterocycles. The van der Waals surface area contributed by atoms with Crippen molar-refractivity contribution >= 4 is 22.9 Å². The molecule has 132 valence electrons. The second-order valence-electron chi connectivity index (χ2n) is 7.37. The van der Waals surface area contributed by atoms with Gasteiger partial charge < -0.3 is 4.90 Å². The Morgan fingerprint density at radius 2 is 1.92 bits per heavy atom. The van der Waals surface area contributed by atoms with Crippen LogP contribution in [0.4, 0.5) is 5.69 Å². The highest BCUT2D eigenvalue weighted by molar-refractivity contribution is 7.11.